The molecule has 0 saturated heterocycles. The molecule has 3 heterocycles. The van der Waals surface area contributed by atoms with Gasteiger partial charge in [-0.05, 0) is 42.5 Å². The molecule has 0 radical (unpaired) electrons. The van der Waals surface area contributed by atoms with Crippen molar-refractivity contribution in [2.24, 2.45) is 0 Å². The Morgan fingerprint density at radius 2 is 2.10 bits per heavy atom. The van der Waals surface area contributed by atoms with Crippen LogP contribution in [0.5, 0.6) is 0 Å². The maximum Gasteiger partial charge on any atom is 0.272 e. The molecule has 0 aliphatic rings. The van der Waals surface area contributed by atoms with Crippen LogP contribution in [0.25, 0.3) is 10.2 Å². The van der Waals surface area contributed by atoms with Crippen molar-refractivity contribution in [2.45, 2.75) is 25.0 Å². The topological polar surface area (TPSA) is 90.0 Å². The van der Waals surface area contributed by atoms with Crippen LogP contribution in [-0.4, -0.2) is 26.4 Å². The summed E-state index contributed by atoms with van der Waals surface area (Å²) in [7, 11) is 0. The van der Waals surface area contributed by atoms with Crippen molar-refractivity contribution in [3.63, 3.8) is 0 Å². The minimum absolute atomic E-state index is 0.0922. The van der Waals surface area contributed by atoms with Gasteiger partial charge in [0.2, 0.25) is 5.91 Å². The van der Waals surface area contributed by atoms with Gasteiger partial charge in [0, 0.05) is 17.6 Å². The summed E-state index contributed by atoms with van der Waals surface area (Å²) in [6, 6.07) is 11.0. The number of thioether (sulfide) groups is 1. The van der Waals surface area contributed by atoms with E-state index in [9.17, 15) is 9.59 Å². The van der Waals surface area contributed by atoms with Crippen LogP contribution in [0.1, 0.15) is 11.3 Å². The van der Waals surface area contributed by atoms with E-state index in [-0.39, 0.29) is 17.2 Å². The Morgan fingerprint density at radius 1 is 1.30 bits per heavy atom. The second kappa shape index (κ2) is 9.03. The fraction of sp³-hybridized carbons (Fsp3) is 0.200. The van der Waals surface area contributed by atoms with Gasteiger partial charge in [0.1, 0.15) is 10.5 Å². The molecule has 0 bridgehead atoms. The average Bonchev–Trinajstić information content (AvgIpc) is 3.36. The first-order chi connectivity index (χ1) is 14.5. The van der Waals surface area contributed by atoms with E-state index in [0.29, 0.717) is 44.9 Å². The number of thiophene rings is 1. The lowest BCUT2D eigenvalue weighted by molar-refractivity contribution is -0.113. The van der Waals surface area contributed by atoms with Crippen molar-refractivity contribution in [3.05, 3.63) is 68.5 Å². The van der Waals surface area contributed by atoms with E-state index in [0.717, 1.165) is 5.56 Å². The zero-order valence-electron chi connectivity index (χ0n) is 15.9. The number of aromatic nitrogens is 3. The van der Waals surface area contributed by atoms with Crippen molar-refractivity contribution in [1.29, 1.82) is 0 Å². The van der Waals surface area contributed by atoms with Gasteiger partial charge in [-0.25, -0.2) is 4.98 Å². The SMILES string of the molecule is Cc1cc(NC(=O)CSc2nc3ccsc3c(=O)n2CCc2ccc(Cl)cc2)no1. The van der Waals surface area contributed by atoms with Crippen molar-refractivity contribution < 1.29 is 9.32 Å². The number of hydrogen-bond acceptors (Lipinski definition) is 7. The number of fused-ring (bicyclic) bond motifs is 1. The van der Waals surface area contributed by atoms with Crippen LogP contribution >= 0.6 is 34.7 Å². The van der Waals surface area contributed by atoms with Gasteiger partial charge in [0.15, 0.2) is 11.0 Å². The van der Waals surface area contributed by atoms with Crippen molar-refractivity contribution >= 4 is 56.6 Å². The minimum Gasteiger partial charge on any atom is -0.360 e. The fourth-order valence-corrected chi connectivity index (χ4v) is 4.59. The first-order valence-electron chi connectivity index (χ1n) is 9.08. The maximum atomic E-state index is 13.0. The summed E-state index contributed by atoms with van der Waals surface area (Å²) in [5.74, 6) is 0.810. The highest BCUT2D eigenvalue weighted by molar-refractivity contribution is 7.99. The highest BCUT2D eigenvalue weighted by Gasteiger charge is 2.15. The van der Waals surface area contributed by atoms with Crippen molar-refractivity contribution in [1.82, 2.24) is 14.7 Å². The summed E-state index contributed by atoms with van der Waals surface area (Å²) in [5, 5.41) is 9.44. The zero-order chi connectivity index (χ0) is 21.1. The summed E-state index contributed by atoms with van der Waals surface area (Å²) in [5.41, 5.74) is 1.61. The van der Waals surface area contributed by atoms with Crippen molar-refractivity contribution in [2.75, 3.05) is 11.1 Å². The standard InChI is InChI=1S/C20H17ClN4O3S2/c1-12-10-16(24-28-12)23-17(26)11-30-20-22-15-7-9-29-18(15)19(27)25(20)8-6-13-2-4-14(21)5-3-13/h2-5,7,9-10H,6,8,11H2,1H3,(H,23,24,26). The number of aryl methyl sites for hydroxylation is 2. The molecule has 1 N–H and O–H groups in total. The molecule has 4 aromatic rings. The maximum absolute atomic E-state index is 13.0. The molecule has 0 saturated carbocycles. The molecular formula is C20H17ClN4O3S2. The van der Waals surface area contributed by atoms with Crippen molar-refractivity contribution in [3.8, 4) is 0 Å². The third-order valence-corrected chi connectivity index (χ3v) is 6.42. The molecule has 0 aliphatic heterocycles. The average molecular weight is 461 g/mol. The van der Waals surface area contributed by atoms with E-state index in [4.69, 9.17) is 16.1 Å². The number of carbonyl (C=O) groups is 1. The van der Waals surface area contributed by atoms with E-state index in [1.165, 1.54) is 23.1 Å². The molecule has 30 heavy (non-hydrogen) atoms. The molecular weight excluding hydrogens is 444 g/mol. The lowest BCUT2D eigenvalue weighted by Crippen LogP contribution is -2.24. The highest BCUT2D eigenvalue weighted by atomic mass is 35.5. The number of rotatable bonds is 7. The van der Waals surface area contributed by atoms with E-state index < -0.39 is 0 Å². The predicted octanol–water partition coefficient (Wildman–Crippen LogP) is 4.38. The fourth-order valence-electron chi connectivity index (χ4n) is 2.86. The Hall–Kier alpha value is -2.62. The highest BCUT2D eigenvalue weighted by Crippen LogP contribution is 2.22. The Kier molecular flexibility index (Phi) is 6.21. The predicted molar refractivity (Wildman–Crippen MR) is 120 cm³/mol. The molecule has 0 unspecified atom stereocenters. The number of benzene rings is 1. The Morgan fingerprint density at radius 3 is 2.83 bits per heavy atom. The second-order valence-electron chi connectivity index (χ2n) is 6.52. The molecule has 0 atom stereocenters. The molecule has 1 amide bonds. The van der Waals surface area contributed by atoms with Gasteiger partial charge in [-0.3, -0.25) is 14.2 Å². The van der Waals surface area contributed by atoms with E-state index >= 15 is 0 Å². The first-order valence-corrected chi connectivity index (χ1v) is 11.3. The van der Waals surface area contributed by atoms with Gasteiger partial charge >= 0.3 is 0 Å². The van der Waals surface area contributed by atoms with Gasteiger partial charge in [-0.1, -0.05) is 40.7 Å². The van der Waals surface area contributed by atoms with Crippen LogP contribution in [-0.2, 0) is 17.8 Å². The summed E-state index contributed by atoms with van der Waals surface area (Å²) in [6.07, 6.45) is 0.646. The molecule has 7 nitrogen and oxygen atoms in total. The quantitative estimate of drug-likeness (QED) is 0.325. The Balaban J connectivity index is 1.53. The first kappa shape index (κ1) is 20.6. The smallest absolute Gasteiger partial charge is 0.272 e. The summed E-state index contributed by atoms with van der Waals surface area (Å²) < 4.78 is 7.19. The Bertz CT molecular complexity index is 1250. The monoisotopic (exact) mass is 460 g/mol. The van der Waals surface area contributed by atoms with Crippen LogP contribution in [0, 0.1) is 6.92 Å². The molecule has 10 heteroatoms. The normalized spacial score (nSPS) is 11.1. The molecule has 1 aromatic carbocycles. The van der Waals surface area contributed by atoms with E-state index in [2.05, 4.69) is 15.5 Å². The van der Waals surface area contributed by atoms with Gasteiger partial charge < -0.3 is 9.84 Å². The lowest BCUT2D eigenvalue weighted by atomic mass is 10.1. The Labute approximate surface area is 185 Å². The van der Waals surface area contributed by atoms with Crippen LogP contribution in [0.3, 0.4) is 0 Å². The number of carbonyl (C=O) groups excluding carboxylic acids is 1. The summed E-state index contributed by atoms with van der Waals surface area (Å²) in [4.78, 5) is 29.9. The third-order valence-electron chi connectivity index (χ3n) is 4.30. The van der Waals surface area contributed by atoms with Crippen LogP contribution in [0.2, 0.25) is 5.02 Å². The number of halogens is 1. The number of amides is 1. The molecule has 0 fully saturated rings. The summed E-state index contributed by atoms with van der Waals surface area (Å²) in [6.45, 7) is 2.20. The van der Waals surface area contributed by atoms with Crippen LogP contribution < -0.4 is 10.9 Å². The number of nitrogens with one attached hydrogen (secondary N) is 1. The molecule has 3 aromatic heterocycles. The van der Waals surface area contributed by atoms with Gasteiger partial charge in [-0.2, -0.15) is 0 Å². The zero-order valence-corrected chi connectivity index (χ0v) is 18.3. The lowest BCUT2D eigenvalue weighted by Gasteiger charge is -2.12. The van der Waals surface area contributed by atoms with Gasteiger partial charge in [-0.15, -0.1) is 11.3 Å². The molecule has 154 valence electrons. The van der Waals surface area contributed by atoms with E-state index in [1.54, 1.807) is 17.6 Å². The van der Waals surface area contributed by atoms with Gasteiger partial charge in [0.25, 0.3) is 5.56 Å². The number of anilines is 1. The molecule has 0 aliphatic carbocycles. The van der Waals surface area contributed by atoms with Crippen LogP contribution in [0.15, 0.2) is 56.3 Å². The minimum atomic E-state index is -0.253. The number of hydrogen-bond donors (Lipinski definition) is 1. The molecule has 0 spiro atoms. The van der Waals surface area contributed by atoms with Gasteiger partial charge in [0.05, 0.1) is 11.3 Å². The second-order valence-corrected chi connectivity index (χ2v) is 8.82. The molecule has 4 rings (SSSR count). The van der Waals surface area contributed by atoms with Crippen LogP contribution in [0.4, 0.5) is 5.82 Å². The van der Waals surface area contributed by atoms with E-state index in [1.807, 2.05) is 35.7 Å². The summed E-state index contributed by atoms with van der Waals surface area (Å²) >= 11 is 8.53. The third kappa shape index (κ3) is 4.75. The largest absolute Gasteiger partial charge is 0.360 e. The number of nitrogens with zero attached hydrogens (tertiary/aromatic N) is 3.